The topological polar surface area (TPSA) is 49.9 Å². The molecule has 0 aromatic carbocycles. The van der Waals surface area contributed by atoms with Gasteiger partial charge in [-0.25, -0.2) is 4.79 Å². The molecule has 0 aromatic rings. The molecule has 116 valence electrons. The lowest BCUT2D eigenvalue weighted by atomic mass is 9.93. The lowest BCUT2D eigenvalue weighted by Crippen LogP contribution is -2.41. The molecule has 0 aromatic heterocycles. The van der Waals surface area contributed by atoms with Crippen molar-refractivity contribution in [1.82, 2.24) is 9.80 Å². The highest BCUT2D eigenvalue weighted by Gasteiger charge is 2.38. The van der Waals surface area contributed by atoms with Gasteiger partial charge in [-0.3, -0.25) is 9.69 Å². The summed E-state index contributed by atoms with van der Waals surface area (Å²) in [6.45, 7) is 14.7. The van der Waals surface area contributed by atoms with Crippen LogP contribution in [0.25, 0.3) is 0 Å². The van der Waals surface area contributed by atoms with Gasteiger partial charge in [-0.05, 0) is 12.3 Å². The number of amides is 3. The molecule has 20 heavy (non-hydrogen) atoms. The number of likely N-dealkylation sites (N-methyl/N-ethyl adjacent to an activating group) is 1. The number of nitrogens with zero attached hydrogens (tertiary/aromatic N) is 2. The summed E-state index contributed by atoms with van der Waals surface area (Å²) >= 11 is 0. The number of rotatable bonds is 6. The molecule has 1 aliphatic heterocycles. The molecule has 0 radical (unpaired) electrons. The van der Waals surface area contributed by atoms with Gasteiger partial charge < -0.3 is 9.64 Å². The summed E-state index contributed by atoms with van der Waals surface area (Å²) in [5.74, 6) is -0.110. The minimum atomic E-state index is -0.236. The highest BCUT2D eigenvalue weighted by Crippen LogP contribution is 2.23. The Hall–Kier alpha value is -1.10. The molecule has 1 fully saturated rings. The maximum atomic E-state index is 12.0. The smallest absolute Gasteiger partial charge is 0.327 e. The third-order valence-electron chi connectivity index (χ3n) is 3.12. The maximum absolute atomic E-state index is 12.0. The fourth-order valence-electron chi connectivity index (χ4n) is 2.10. The Morgan fingerprint density at radius 2 is 1.70 bits per heavy atom. The van der Waals surface area contributed by atoms with Crippen LogP contribution in [-0.4, -0.2) is 54.6 Å². The SMILES string of the molecule is CCN1CC(=O)N(CC(C)(C)COCC(C)(C)C)C1=O. The molecule has 1 heterocycles. The van der Waals surface area contributed by atoms with Crippen LogP contribution in [0.1, 0.15) is 41.5 Å². The van der Waals surface area contributed by atoms with Crippen LogP contribution in [-0.2, 0) is 9.53 Å². The van der Waals surface area contributed by atoms with Crippen LogP contribution in [0.5, 0.6) is 0 Å². The van der Waals surface area contributed by atoms with Crippen LogP contribution >= 0.6 is 0 Å². The van der Waals surface area contributed by atoms with Crippen molar-refractivity contribution in [2.24, 2.45) is 10.8 Å². The molecule has 3 amide bonds. The Kier molecular flexibility index (Phi) is 5.19. The molecule has 0 saturated carbocycles. The van der Waals surface area contributed by atoms with E-state index in [1.165, 1.54) is 4.90 Å². The number of urea groups is 1. The normalized spacial score (nSPS) is 17.3. The number of carbonyl (C=O) groups is 2. The van der Waals surface area contributed by atoms with E-state index in [1.807, 2.05) is 20.8 Å². The first-order valence-corrected chi connectivity index (χ1v) is 7.23. The van der Waals surface area contributed by atoms with Crippen LogP contribution in [0, 0.1) is 10.8 Å². The van der Waals surface area contributed by atoms with Gasteiger partial charge in [0.25, 0.3) is 0 Å². The van der Waals surface area contributed by atoms with Crippen molar-refractivity contribution in [1.29, 1.82) is 0 Å². The van der Waals surface area contributed by atoms with E-state index >= 15 is 0 Å². The Balaban J connectivity index is 2.53. The Bertz CT molecular complexity index is 372. The zero-order valence-electron chi connectivity index (χ0n) is 13.7. The summed E-state index contributed by atoms with van der Waals surface area (Å²) in [5.41, 5.74) is -0.116. The van der Waals surface area contributed by atoms with E-state index in [9.17, 15) is 9.59 Å². The van der Waals surface area contributed by atoms with Crippen molar-refractivity contribution < 1.29 is 14.3 Å². The fraction of sp³-hybridized carbons (Fsp3) is 0.867. The highest BCUT2D eigenvalue weighted by atomic mass is 16.5. The summed E-state index contributed by atoms with van der Waals surface area (Å²) < 4.78 is 5.73. The molecular weight excluding hydrogens is 256 g/mol. The first kappa shape index (κ1) is 17.0. The summed E-state index contributed by atoms with van der Waals surface area (Å²) in [4.78, 5) is 26.9. The van der Waals surface area contributed by atoms with E-state index in [-0.39, 0.29) is 29.3 Å². The number of carbonyl (C=O) groups excluding carboxylic acids is 2. The summed E-state index contributed by atoms with van der Waals surface area (Å²) in [6.07, 6.45) is 0. The molecule has 5 nitrogen and oxygen atoms in total. The Labute approximate surface area is 122 Å². The first-order chi connectivity index (χ1) is 9.06. The van der Waals surface area contributed by atoms with Gasteiger partial charge in [0.1, 0.15) is 6.54 Å². The molecule has 0 bridgehead atoms. The third kappa shape index (κ3) is 4.78. The van der Waals surface area contributed by atoms with Gasteiger partial charge in [-0.1, -0.05) is 34.6 Å². The van der Waals surface area contributed by atoms with Gasteiger partial charge in [-0.15, -0.1) is 0 Å². The van der Waals surface area contributed by atoms with Gasteiger partial charge in [0.2, 0.25) is 5.91 Å². The summed E-state index contributed by atoms with van der Waals surface area (Å²) in [5, 5.41) is 0. The zero-order valence-corrected chi connectivity index (χ0v) is 13.7. The molecule has 1 rings (SSSR count). The minimum Gasteiger partial charge on any atom is -0.380 e. The van der Waals surface area contributed by atoms with Crippen LogP contribution < -0.4 is 0 Å². The van der Waals surface area contributed by atoms with Crippen molar-refractivity contribution in [2.75, 3.05) is 32.8 Å². The van der Waals surface area contributed by atoms with Crippen LogP contribution in [0.3, 0.4) is 0 Å². The number of hydrogen-bond donors (Lipinski definition) is 0. The molecule has 0 spiro atoms. The quantitative estimate of drug-likeness (QED) is 0.704. The van der Waals surface area contributed by atoms with E-state index in [0.717, 1.165) is 0 Å². The zero-order chi connectivity index (χ0) is 15.6. The summed E-state index contributed by atoms with van der Waals surface area (Å²) in [6, 6.07) is -0.179. The van der Waals surface area contributed by atoms with Crippen molar-refractivity contribution in [3.63, 3.8) is 0 Å². The second-order valence-corrected chi connectivity index (χ2v) is 7.49. The van der Waals surface area contributed by atoms with Crippen molar-refractivity contribution in [3.8, 4) is 0 Å². The van der Waals surface area contributed by atoms with Crippen LogP contribution in [0.4, 0.5) is 4.79 Å². The molecule has 0 N–H and O–H groups in total. The van der Waals surface area contributed by atoms with Crippen LogP contribution in [0.2, 0.25) is 0 Å². The van der Waals surface area contributed by atoms with E-state index < -0.39 is 0 Å². The van der Waals surface area contributed by atoms with Crippen molar-refractivity contribution in [3.05, 3.63) is 0 Å². The lowest BCUT2D eigenvalue weighted by molar-refractivity contribution is -0.126. The number of imide groups is 1. The molecule has 1 aliphatic rings. The number of hydrogen-bond acceptors (Lipinski definition) is 3. The predicted molar refractivity (Wildman–Crippen MR) is 78.4 cm³/mol. The third-order valence-corrected chi connectivity index (χ3v) is 3.12. The summed E-state index contributed by atoms with van der Waals surface area (Å²) in [7, 11) is 0. The molecule has 1 saturated heterocycles. The molecule has 0 aliphatic carbocycles. The van der Waals surface area contributed by atoms with Crippen molar-refractivity contribution >= 4 is 11.9 Å². The first-order valence-electron chi connectivity index (χ1n) is 7.23. The second kappa shape index (κ2) is 6.12. The lowest BCUT2D eigenvalue weighted by Gasteiger charge is -2.30. The molecule has 0 atom stereocenters. The highest BCUT2D eigenvalue weighted by molar-refractivity contribution is 6.02. The monoisotopic (exact) mass is 284 g/mol. The van der Waals surface area contributed by atoms with E-state index in [2.05, 4.69) is 20.8 Å². The Morgan fingerprint density at radius 1 is 1.10 bits per heavy atom. The largest absolute Gasteiger partial charge is 0.380 e. The fourth-order valence-corrected chi connectivity index (χ4v) is 2.10. The van der Waals surface area contributed by atoms with Gasteiger partial charge in [0, 0.05) is 18.5 Å². The molecular formula is C15H28N2O3. The second-order valence-electron chi connectivity index (χ2n) is 7.49. The maximum Gasteiger partial charge on any atom is 0.327 e. The molecule has 0 unspecified atom stereocenters. The standard InChI is InChI=1S/C15H28N2O3/c1-7-16-8-12(18)17(13(16)19)9-15(5,6)11-20-10-14(2,3)4/h7-11H2,1-6H3. The van der Waals surface area contributed by atoms with E-state index in [0.29, 0.717) is 26.3 Å². The van der Waals surface area contributed by atoms with Gasteiger partial charge >= 0.3 is 6.03 Å². The number of ether oxygens (including phenoxy) is 1. The average Bonchev–Trinajstić information content (AvgIpc) is 2.54. The van der Waals surface area contributed by atoms with E-state index in [1.54, 1.807) is 4.90 Å². The molecule has 5 heteroatoms. The average molecular weight is 284 g/mol. The van der Waals surface area contributed by atoms with E-state index in [4.69, 9.17) is 4.74 Å². The van der Waals surface area contributed by atoms with Gasteiger partial charge in [0.05, 0.1) is 13.2 Å². The minimum absolute atomic E-state index is 0.110. The Morgan fingerprint density at radius 3 is 2.15 bits per heavy atom. The van der Waals surface area contributed by atoms with Crippen molar-refractivity contribution in [2.45, 2.75) is 41.5 Å². The van der Waals surface area contributed by atoms with Crippen LogP contribution in [0.15, 0.2) is 0 Å². The van der Waals surface area contributed by atoms with Gasteiger partial charge in [0.15, 0.2) is 0 Å². The predicted octanol–water partition coefficient (Wildman–Crippen LogP) is 2.36. The van der Waals surface area contributed by atoms with Gasteiger partial charge in [-0.2, -0.15) is 0 Å².